The van der Waals surface area contributed by atoms with E-state index in [1.54, 1.807) is 32.9 Å². The topological polar surface area (TPSA) is 168 Å². The van der Waals surface area contributed by atoms with Crippen LogP contribution in [0.2, 0.25) is 0 Å². The summed E-state index contributed by atoms with van der Waals surface area (Å²) in [7, 11) is -4.28. The molecule has 0 aromatic heterocycles. The molecule has 14 heteroatoms. The van der Waals surface area contributed by atoms with Crippen molar-refractivity contribution < 1.29 is 41.6 Å². The number of carbonyl (C=O) groups excluding carboxylic acids is 3. The van der Waals surface area contributed by atoms with Gasteiger partial charge in [0.2, 0.25) is 11.8 Å². The Morgan fingerprint density at radius 1 is 1.09 bits per heavy atom. The number of carboxylic acids is 1. The van der Waals surface area contributed by atoms with Crippen LogP contribution in [-0.2, 0) is 33.4 Å². The molecule has 3 N–H and O–H groups in total. The van der Waals surface area contributed by atoms with Gasteiger partial charge in [0.15, 0.2) is 0 Å². The Bertz CT molecular complexity index is 1450. The van der Waals surface area contributed by atoms with Gasteiger partial charge in [-0.3, -0.25) is 13.8 Å². The van der Waals surface area contributed by atoms with Crippen LogP contribution in [0.15, 0.2) is 46.3 Å². The van der Waals surface area contributed by atoms with Crippen molar-refractivity contribution in [3.63, 3.8) is 0 Å². The zero-order valence-corrected chi connectivity index (χ0v) is 27.2. The fourth-order valence-corrected chi connectivity index (χ4v) is 7.73. The molecule has 5 rings (SSSR count). The second-order valence-electron chi connectivity index (χ2n) is 13.4. The maximum atomic E-state index is 14.1. The third kappa shape index (κ3) is 6.66. The number of benzene rings is 1. The molecule has 1 heterocycles. The van der Waals surface area contributed by atoms with Crippen LogP contribution in [0, 0.1) is 23.2 Å². The van der Waals surface area contributed by atoms with Gasteiger partial charge in [-0.15, -0.1) is 6.58 Å². The van der Waals surface area contributed by atoms with E-state index in [0.29, 0.717) is 16.3 Å². The van der Waals surface area contributed by atoms with E-state index in [1.807, 2.05) is 0 Å². The first-order chi connectivity index (χ1) is 20.5. The molecule has 1 aromatic carbocycles. The van der Waals surface area contributed by atoms with E-state index in [-0.39, 0.29) is 30.4 Å². The molecule has 12 nitrogen and oxygen atoms in total. The lowest BCUT2D eigenvalue weighted by Crippen LogP contribution is -2.59. The molecule has 1 aromatic rings. The Labute approximate surface area is 265 Å². The Hall–Kier alpha value is -2.97. The number of nitrogens with one attached hydrogen (secondary N) is 2. The first kappa shape index (κ1) is 32.4. The molecule has 1 saturated heterocycles. The van der Waals surface area contributed by atoms with Crippen molar-refractivity contribution in [3.05, 3.63) is 41.4 Å². The summed E-state index contributed by atoms with van der Waals surface area (Å²) >= 11 is 3.26. The second kappa shape index (κ2) is 11.8. The van der Waals surface area contributed by atoms with Gasteiger partial charge in [-0.2, -0.15) is 8.42 Å². The van der Waals surface area contributed by atoms with Gasteiger partial charge in [0.1, 0.15) is 23.7 Å². The summed E-state index contributed by atoms with van der Waals surface area (Å²) in [6.45, 7) is 8.59. The van der Waals surface area contributed by atoms with Crippen LogP contribution in [-0.4, -0.2) is 78.7 Å². The number of nitrogens with zero attached hydrogens (tertiary/aromatic N) is 1. The maximum absolute atomic E-state index is 14.1. The summed E-state index contributed by atoms with van der Waals surface area (Å²) < 4.78 is 38.0. The van der Waals surface area contributed by atoms with Crippen molar-refractivity contribution in [2.24, 2.45) is 23.2 Å². The SMILES string of the molecule is C=C[C@@H]1C[C@]1(NC(=O)[C@@H]1C[C@H](OS(=O)(=O)c2ccc(Br)cc2)CN1C(=O)C(NC(=O)O[C@@H]1C[C@@H]2C[C@@H]2C1)C(C)(C)C)C(=O)O. The minimum Gasteiger partial charge on any atom is -0.479 e. The minimum absolute atomic E-state index is 0.107. The largest absolute Gasteiger partial charge is 0.479 e. The average molecular weight is 697 g/mol. The highest BCUT2D eigenvalue weighted by Crippen LogP contribution is 2.52. The van der Waals surface area contributed by atoms with Gasteiger partial charge in [0.05, 0.1) is 11.0 Å². The fraction of sp³-hybridized carbons (Fsp3) is 0.600. The van der Waals surface area contributed by atoms with E-state index in [2.05, 4.69) is 33.1 Å². The summed E-state index contributed by atoms with van der Waals surface area (Å²) in [6.07, 6.45) is 2.04. The maximum Gasteiger partial charge on any atom is 0.408 e. The number of fused-ring (bicyclic) bond motifs is 1. The van der Waals surface area contributed by atoms with Gasteiger partial charge in [0, 0.05) is 23.4 Å². The first-order valence-electron chi connectivity index (χ1n) is 14.7. The quantitative estimate of drug-likeness (QED) is 0.246. The van der Waals surface area contributed by atoms with E-state index >= 15 is 0 Å². The number of alkyl carbamates (subject to hydrolysis) is 1. The van der Waals surface area contributed by atoms with Crippen molar-refractivity contribution in [2.75, 3.05) is 6.54 Å². The van der Waals surface area contributed by atoms with Gasteiger partial charge >= 0.3 is 12.1 Å². The number of carbonyl (C=O) groups is 4. The number of hydrogen-bond acceptors (Lipinski definition) is 8. The standard InChI is InChI=1S/C30H38BrN3O9S/c1-5-18-14-30(18,27(37)38)33-25(35)23-13-21(43-44(40,41)22-8-6-19(31)7-9-22)15-34(23)26(36)24(29(2,3)4)32-28(39)42-20-11-16-10-17(16)12-20/h5-9,16-18,20-21,23-24H,1,10-15H2,2-4H3,(H,32,39)(H,33,35)(H,37,38)/t16-,17+,18-,20+,21+,23+,24?,30-/m1/s1. The predicted octanol–water partition coefficient (Wildman–Crippen LogP) is 3.21. The normalized spacial score (nSPS) is 31.4. The van der Waals surface area contributed by atoms with Gasteiger partial charge in [-0.1, -0.05) is 42.8 Å². The van der Waals surface area contributed by atoms with Crippen LogP contribution >= 0.6 is 15.9 Å². The molecule has 4 fully saturated rings. The summed E-state index contributed by atoms with van der Waals surface area (Å²) in [5.41, 5.74) is -2.40. The first-order valence-corrected chi connectivity index (χ1v) is 16.9. The molecule has 0 spiro atoms. The van der Waals surface area contributed by atoms with E-state index in [0.717, 1.165) is 19.3 Å². The molecule has 240 valence electrons. The fourth-order valence-electron chi connectivity index (χ4n) is 6.39. The lowest BCUT2D eigenvalue weighted by molar-refractivity contribution is -0.146. The van der Waals surface area contributed by atoms with Crippen molar-refractivity contribution in [3.8, 4) is 0 Å². The number of aliphatic carboxylic acids is 1. The van der Waals surface area contributed by atoms with E-state index < -0.39 is 69.1 Å². The Kier molecular flexibility index (Phi) is 8.66. The Morgan fingerprint density at radius 2 is 1.73 bits per heavy atom. The monoisotopic (exact) mass is 695 g/mol. The summed E-state index contributed by atoms with van der Waals surface area (Å²) in [5, 5.41) is 15.1. The second-order valence-corrected chi connectivity index (χ2v) is 15.9. The molecule has 4 aliphatic rings. The summed E-state index contributed by atoms with van der Waals surface area (Å²) in [6, 6.07) is 3.40. The number of likely N-dealkylation sites (tertiary alicyclic amines) is 1. The van der Waals surface area contributed by atoms with Crippen LogP contribution < -0.4 is 10.6 Å². The minimum atomic E-state index is -4.28. The van der Waals surface area contributed by atoms with Gasteiger partial charge in [0.25, 0.3) is 10.1 Å². The van der Waals surface area contributed by atoms with E-state index in [1.165, 1.54) is 23.1 Å². The van der Waals surface area contributed by atoms with Crippen LogP contribution in [0.1, 0.15) is 52.9 Å². The number of ether oxygens (including phenoxy) is 1. The molecule has 44 heavy (non-hydrogen) atoms. The number of rotatable bonds is 10. The van der Waals surface area contributed by atoms with Crippen molar-refractivity contribution in [1.82, 2.24) is 15.5 Å². The molecular weight excluding hydrogens is 658 g/mol. The summed E-state index contributed by atoms with van der Waals surface area (Å²) in [5.74, 6) is -1.97. The van der Waals surface area contributed by atoms with Gasteiger partial charge in [-0.05, 0) is 67.2 Å². The van der Waals surface area contributed by atoms with Crippen LogP contribution in [0.5, 0.6) is 0 Å². The molecule has 1 unspecified atom stereocenters. The lowest BCUT2D eigenvalue weighted by Gasteiger charge is -2.35. The zero-order chi connectivity index (χ0) is 32.2. The highest BCUT2D eigenvalue weighted by molar-refractivity contribution is 9.10. The van der Waals surface area contributed by atoms with Crippen LogP contribution in [0.4, 0.5) is 4.79 Å². The molecule has 0 bridgehead atoms. The third-order valence-corrected chi connectivity index (χ3v) is 11.0. The molecular formula is C30H38BrN3O9S. The highest BCUT2D eigenvalue weighted by Gasteiger charge is 2.61. The van der Waals surface area contributed by atoms with Crippen LogP contribution in [0.25, 0.3) is 0 Å². The number of hydrogen-bond donors (Lipinski definition) is 3. The smallest absolute Gasteiger partial charge is 0.408 e. The number of carboxylic acid groups (broad SMARTS) is 1. The van der Waals surface area contributed by atoms with Gasteiger partial charge < -0.3 is 25.4 Å². The zero-order valence-electron chi connectivity index (χ0n) is 24.8. The third-order valence-electron chi connectivity index (χ3n) is 9.09. The molecule has 3 aliphatic carbocycles. The van der Waals surface area contributed by atoms with Crippen molar-refractivity contribution in [2.45, 2.75) is 87.6 Å². The molecule has 8 atom stereocenters. The van der Waals surface area contributed by atoms with E-state index in [4.69, 9.17) is 8.92 Å². The molecule has 1 aliphatic heterocycles. The van der Waals surface area contributed by atoms with Crippen LogP contribution in [0.3, 0.4) is 0 Å². The van der Waals surface area contributed by atoms with Crippen molar-refractivity contribution in [1.29, 1.82) is 0 Å². The average Bonchev–Trinajstić information content (AvgIpc) is 3.75. The number of amides is 3. The Balaban J connectivity index is 1.37. The Morgan fingerprint density at radius 3 is 2.27 bits per heavy atom. The van der Waals surface area contributed by atoms with Crippen molar-refractivity contribution >= 4 is 49.9 Å². The molecule has 3 amide bonds. The van der Waals surface area contributed by atoms with E-state index in [9.17, 15) is 32.7 Å². The lowest BCUT2D eigenvalue weighted by atomic mass is 9.85. The predicted molar refractivity (Wildman–Crippen MR) is 161 cm³/mol. The highest BCUT2D eigenvalue weighted by atomic mass is 79.9. The molecule has 3 saturated carbocycles. The summed E-state index contributed by atoms with van der Waals surface area (Å²) in [4.78, 5) is 53.8. The molecule has 0 radical (unpaired) electrons. The van der Waals surface area contributed by atoms with Gasteiger partial charge in [-0.25, -0.2) is 9.59 Å². The number of halogens is 1.